The van der Waals surface area contributed by atoms with Gasteiger partial charge in [-0.25, -0.2) is 4.39 Å². The van der Waals surface area contributed by atoms with Crippen molar-refractivity contribution >= 4 is 5.78 Å². The van der Waals surface area contributed by atoms with Crippen molar-refractivity contribution in [1.29, 1.82) is 0 Å². The first-order chi connectivity index (χ1) is 15.1. The quantitative estimate of drug-likeness (QED) is 0.547. The highest BCUT2D eigenvalue weighted by Crippen LogP contribution is 2.41. The number of hydrogen-bond donors (Lipinski definition) is 1. The van der Waals surface area contributed by atoms with E-state index in [1.54, 1.807) is 12.1 Å². The number of nitrogens with zero attached hydrogens (tertiary/aromatic N) is 1. The van der Waals surface area contributed by atoms with Crippen LogP contribution in [0.15, 0.2) is 84.9 Å². The van der Waals surface area contributed by atoms with Crippen LogP contribution in [0, 0.1) is 11.7 Å². The highest BCUT2D eigenvalue weighted by molar-refractivity contribution is 5.96. The second-order valence-electron chi connectivity index (χ2n) is 8.29. The van der Waals surface area contributed by atoms with E-state index < -0.39 is 5.60 Å². The molecule has 3 nitrogen and oxygen atoms in total. The van der Waals surface area contributed by atoms with E-state index in [4.69, 9.17) is 0 Å². The number of likely N-dealkylation sites (tertiary alicyclic amines) is 1. The van der Waals surface area contributed by atoms with E-state index in [0.717, 1.165) is 37.1 Å². The third-order valence-electron chi connectivity index (χ3n) is 6.43. The van der Waals surface area contributed by atoms with Gasteiger partial charge in [-0.3, -0.25) is 4.79 Å². The molecule has 1 N–H and O–H groups in total. The predicted molar refractivity (Wildman–Crippen MR) is 120 cm³/mol. The van der Waals surface area contributed by atoms with E-state index in [2.05, 4.69) is 4.90 Å². The first-order valence-electron chi connectivity index (χ1n) is 10.9. The number of ketones is 1. The molecule has 0 spiro atoms. The molecular weight excluding hydrogens is 389 g/mol. The summed E-state index contributed by atoms with van der Waals surface area (Å²) in [5.41, 5.74) is 1.37. The Morgan fingerprint density at radius 1 is 0.871 bits per heavy atom. The summed E-state index contributed by atoms with van der Waals surface area (Å²) in [5.74, 6) is -0.198. The second kappa shape index (κ2) is 9.54. The molecule has 0 saturated carbocycles. The highest BCUT2D eigenvalue weighted by atomic mass is 19.1. The van der Waals surface area contributed by atoms with Crippen LogP contribution in [-0.4, -0.2) is 35.4 Å². The van der Waals surface area contributed by atoms with Crippen molar-refractivity contribution in [2.45, 2.75) is 24.9 Å². The number of aliphatic hydroxyl groups is 1. The van der Waals surface area contributed by atoms with Gasteiger partial charge in [0.15, 0.2) is 5.78 Å². The summed E-state index contributed by atoms with van der Waals surface area (Å²) in [6, 6.07) is 25.6. The van der Waals surface area contributed by atoms with Gasteiger partial charge in [-0.05, 0) is 67.2 Å². The van der Waals surface area contributed by atoms with E-state index in [1.165, 1.54) is 12.1 Å². The average molecular weight is 418 g/mol. The normalized spacial score (nSPS) is 15.7. The van der Waals surface area contributed by atoms with Crippen LogP contribution in [0.25, 0.3) is 0 Å². The summed E-state index contributed by atoms with van der Waals surface area (Å²) < 4.78 is 13.1. The van der Waals surface area contributed by atoms with Gasteiger partial charge >= 0.3 is 0 Å². The number of hydrogen-bond acceptors (Lipinski definition) is 3. The van der Waals surface area contributed by atoms with Gasteiger partial charge in [-0.15, -0.1) is 0 Å². The molecule has 1 fully saturated rings. The number of benzene rings is 3. The van der Waals surface area contributed by atoms with Crippen molar-refractivity contribution in [1.82, 2.24) is 4.90 Å². The lowest BCUT2D eigenvalue weighted by atomic mass is 9.72. The molecule has 0 aromatic heterocycles. The van der Waals surface area contributed by atoms with Gasteiger partial charge in [0.05, 0.1) is 0 Å². The molecule has 0 radical (unpaired) electrons. The zero-order chi connectivity index (χ0) is 21.7. The van der Waals surface area contributed by atoms with Crippen LogP contribution in [0.4, 0.5) is 4.39 Å². The Balaban J connectivity index is 1.41. The molecule has 3 aromatic carbocycles. The molecule has 3 aromatic rings. The van der Waals surface area contributed by atoms with Crippen molar-refractivity contribution in [3.63, 3.8) is 0 Å². The monoisotopic (exact) mass is 417 g/mol. The molecule has 31 heavy (non-hydrogen) atoms. The van der Waals surface area contributed by atoms with Crippen LogP contribution in [0.2, 0.25) is 0 Å². The smallest absolute Gasteiger partial charge is 0.164 e. The molecule has 160 valence electrons. The van der Waals surface area contributed by atoms with Crippen molar-refractivity contribution in [2.75, 3.05) is 19.6 Å². The van der Waals surface area contributed by atoms with Crippen molar-refractivity contribution in [3.8, 4) is 0 Å². The lowest BCUT2D eigenvalue weighted by Gasteiger charge is -2.42. The predicted octanol–water partition coefficient (Wildman–Crippen LogP) is 5.05. The first kappa shape index (κ1) is 21.4. The van der Waals surface area contributed by atoms with Crippen molar-refractivity contribution < 1.29 is 14.3 Å². The molecule has 1 aliphatic heterocycles. The molecule has 0 bridgehead atoms. The van der Waals surface area contributed by atoms with Crippen LogP contribution >= 0.6 is 0 Å². The third-order valence-corrected chi connectivity index (χ3v) is 6.43. The van der Waals surface area contributed by atoms with Crippen molar-refractivity contribution in [2.24, 2.45) is 5.92 Å². The summed E-state index contributed by atoms with van der Waals surface area (Å²) in [7, 11) is 0. The van der Waals surface area contributed by atoms with E-state index in [0.29, 0.717) is 18.5 Å². The third kappa shape index (κ3) is 4.76. The van der Waals surface area contributed by atoms with Crippen molar-refractivity contribution in [3.05, 3.63) is 107 Å². The van der Waals surface area contributed by atoms with E-state index >= 15 is 0 Å². The number of rotatable bonds is 7. The van der Waals surface area contributed by atoms with Crippen LogP contribution in [0.3, 0.4) is 0 Å². The minimum Gasteiger partial charge on any atom is -0.380 e. The minimum atomic E-state index is -1.03. The molecule has 1 saturated heterocycles. The molecular formula is C27H28FNO2. The van der Waals surface area contributed by atoms with E-state index in [1.807, 2.05) is 60.7 Å². The Morgan fingerprint density at radius 3 is 1.90 bits per heavy atom. The van der Waals surface area contributed by atoms with Gasteiger partial charge in [0.25, 0.3) is 0 Å². The maximum Gasteiger partial charge on any atom is 0.164 e. The van der Waals surface area contributed by atoms with Crippen LogP contribution in [0.1, 0.15) is 40.7 Å². The Hall–Kier alpha value is -2.82. The second-order valence-corrected chi connectivity index (χ2v) is 8.29. The Labute approximate surface area is 183 Å². The number of carbonyl (C=O) groups excluding carboxylic acids is 1. The lowest BCUT2D eigenvalue weighted by Crippen LogP contribution is -2.44. The molecule has 1 heterocycles. The molecule has 0 atom stereocenters. The topological polar surface area (TPSA) is 40.5 Å². The average Bonchev–Trinajstić information content (AvgIpc) is 2.84. The van der Waals surface area contributed by atoms with Crippen LogP contribution in [-0.2, 0) is 5.60 Å². The standard InChI is InChI=1S/C27H28FNO2/c28-25-13-11-21(12-14-25)26(30)17-20-29-18-15-24(16-19-29)27(31,22-7-3-1-4-8-22)23-9-5-2-6-10-23/h1-14,24,31H,15-20H2. The molecule has 4 heteroatoms. The zero-order valence-corrected chi connectivity index (χ0v) is 17.6. The largest absolute Gasteiger partial charge is 0.380 e. The fourth-order valence-electron chi connectivity index (χ4n) is 4.64. The van der Waals surface area contributed by atoms with Gasteiger partial charge < -0.3 is 10.0 Å². The first-order valence-corrected chi connectivity index (χ1v) is 10.9. The summed E-state index contributed by atoms with van der Waals surface area (Å²) in [6.07, 6.45) is 2.12. The summed E-state index contributed by atoms with van der Waals surface area (Å²) in [4.78, 5) is 14.7. The molecule has 0 aliphatic carbocycles. The zero-order valence-electron chi connectivity index (χ0n) is 17.6. The minimum absolute atomic E-state index is 0.0344. The lowest BCUT2D eigenvalue weighted by molar-refractivity contribution is -0.0141. The fourth-order valence-corrected chi connectivity index (χ4v) is 4.64. The Morgan fingerprint density at radius 2 is 1.39 bits per heavy atom. The highest BCUT2D eigenvalue weighted by Gasteiger charge is 2.41. The van der Waals surface area contributed by atoms with Crippen LogP contribution < -0.4 is 0 Å². The number of carbonyl (C=O) groups is 1. The van der Waals surface area contributed by atoms with E-state index in [9.17, 15) is 14.3 Å². The molecule has 0 unspecified atom stereocenters. The van der Waals surface area contributed by atoms with Gasteiger partial charge in [-0.2, -0.15) is 0 Å². The Bertz CT molecular complexity index is 941. The van der Waals surface area contributed by atoms with Crippen LogP contribution in [0.5, 0.6) is 0 Å². The summed E-state index contributed by atoms with van der Waals surface area (Å²) in [6.45, 7) is 2.35. The number of piperidine rings is 1. The maximum absolute atomic E-state index is 13.1. The number of halogens is 1. The summed E-state index contributed by atoms with van der Waals surface area (Å²) in [5, 5.41) is 12.0. The van der Waals surface area contributed by atoms with E-state index in [-0.39, 0.29) is 17.5 Å². The van der Waals surface area contributed by atoms with Gasteiger partial charge in [-0.1, -0.05) is 60.7 Å². The van der Waals surface area contributed by atoms with Gasteiger partial charge in [0.1, 0.15) is 11.4 Å². The number of Topliss-reactive ketones (excluding diaryl/α,β-unsaturated/α-hetero) is 1. The fraction of sp³-hybridized carbons (Fsp3) is 0.296. The molecule has 4 rings (SSSR count). The maximum atomic E-state index is 13.1. The van der Waals surface area contributed by atoms with Gasteiger partial charge in [0, 0.05) is 18.5 Å². The SMILES string of the molecule is O=C(CCN1CCC(C(O)(c2ccccc2)c2ccccc2)CC1)c1ccc(F)cc1. The van der Waals surface area contributed by atoms with Gasteiger partial charge in [0.2, 0.25) is 0 Å². The Kier molecular flexibility index (Phi) is 6.59. The molecule has 0 amide bonds. The molecule has 1 aliphatic rings. The summed E-state index contributed by atoms with van der Waals surface area (Å²) >= 11 is 0.